The molecule has 1 unspecified atom stereocenters. The molecule has 2 aliphatic rings. The van der Waals surface area contributed by atoms with Gasteiger partial charge in [-0.05, 0) is 37.0 Å². The Labute approximate surface area is 157 Å². The summed E-state index contributed by atoms with van der Waals surface area (Å²) in [4.78, 5) is 14.8. The number of nitriles is 1. The lowest BCUT2D eigenvalue weighted by Crippen LogP contribution is -2.44. The summed E-state index contributed by atoms with van der Waals surface area (Å²) in [7, 11) is 0. The van der Waals surface area contributed by atoms with Crippen molar-refractivity contribution in [3.63, 3.8) is 0 Å². The van der Waals surface area contributed by atoms with Crippen LogP contribution >= 0.6 is 0 Å². The van der Waals surface area contributed by atoms with Crippen LogP contribution in [0.3, 0.4) is 0 Å². The molecular weight excluding hydrogens is 338 g/mol. The molecule has 6 heteroatoms. The Morgan fingerprint density at radius 1 is 1.26 bits per heavy atom. The lowest BCUT2D eigenvalue weighted by molar-refractivity contribution is 0.139. The fourth-order valence-electron chi connectivity index (χ4n) is 4.53. The van der Waals surface area contributed by atoms with E-state index in [1.807, 2.05) is 30.5 Å². The molecule has 0 saturated carbocycles. The fourth-order valence-corrected chi connectivity index (χ4v) is 4.53. The number of ether oxygens (including phenoxy) is 1. The smallest absolute Gasteiger partial charge is 0.143 e. The lowest BCUT2D eigenvalue weighted by Gasteiger charge is -2.40. The van der Waals surface area contributed by atoms with Gasteiger partial charge in [-0.15, -0.1) is 0 Å². The predicted octanol–water partition coefficient (Wildman–Crippen LogP) is 3.50. The van der Waals surface area contributed by atoms with Crippen molar-refractivity contribution in [3.05, 3.63) is 42.4 Å². The van der Waals surface area contributed by atoms with Gasteiger partial charge in [0.1, 0.15) is 17.8 Å². The Morgan fingerprint density at radius 2 is 2.22 bits per heavy atom. The van der Waals surface area contributed by atoms with Gasteiger partial charge in [0, 0.05) is 36.9 Å². The number of hydrogen-bond acceptors (Lipinski definition) is 5. The van der Waals surface area contributed by atoms with Crippen molar-refractivity contribution in [2.24, 2.45) is 5.41 Å². The second kappa shape index (κ2) is 6.36. The van der Waals surface area contributed by atoms with Gasteiger partial charge in [0.05, 0.1) is 23.6 Å². The van der Waals surface area contributed by atoms with Gasteiger partial charge in [0.25, 0.3) is 0 Å². The van der Waals surface area contributed by atoms with Crippen LogP contribution in [0, 0.1) is 16.7 Å². The summed E-state index contributed by atoms with van der Waals surface area (Å²) in [5.41, 5.74) is 3.79. The number of fused-ring (bicyclic) bond motifs is 1. The average molecular weight is 359 g/mol. The van der Waals surface area contributed by atoms with Gasteiger partial charge in [0.2, 0.25) is 0 Å². The Balaban J connectivity index is 1.61. The highest BCUT2D eigenvalue weighted by Gasteiger charge is 2.39. The van der Waals surface area contributed by atoms with E-state index in [2.05, 4.69) is 25.9 Å². The number of rotatable bonds is 2. The normalized spacial score (nSPS) is 22.4. The Morgan fingerprint density at radius 3 is 3.07 bits per heavy atom. The highest BCUT2D eigenvalue weighted by Crippen LogP contribution is 2.41. The first-order valence-corrected chi connectivity index (χ1v) is 9.43. The largest absolute Gasteiger partial charge is 0.381 e. The van der Waals surface area contributed by atoms with E-state index >= 15 is 0 Å². The van der Waals surface area contributed by atoms with Crippen LogP contribution < -0.4 is 4.90 Å². The Kier molecular flexibility index (Phi) is 3.83. The maximum atomic E-state index is 9.25. The van der Waals surface area contributed by atoms with E-state index in [-0.39, 0.29) is 5.41 Å². The molecule has 2 saturated heterocycles. The number of anilines is 1. The molecule has 0 bridgehead atoms. The van der Waals surface area contributed by atoms with Gasteiger partial charge in [-0.3, -0.25) is 0 Å². The molecular formula is C21H21N5O. The van der Waals surface area contributed by atoms with E-state index in [0.29, 0.717) is 5.56 Å². The lowest BCUT2D eigenvalue weighted by atomic mass is 9.79. The molecule has 4 heterocycles. The van der Waals surface area contributed by atoms with Crippen molar-refractivity contribution in [3.8, 4) is 17.2 Å². The van der Waals surface area contributed by atoms with Crippen LogP contribution in [0.15, 0.2) is 36.8 Å². The van der Waals surface area contributed by atoms with E-state index in [1.54, 1.807) is 6.33 Å². The van der Waals surface area contributed by atoms with Crippen molar-refractivity contribution in [2.45, 2.75) is 19.3 Å². The third kappa shape index (κ3) is 2.75. The van der Waals surface area contributed by atoms with Gasteiger partial charge in [-0.2, -0.15) is 5.26 Å². The molecule has 0 radical (unpaired) electrons. The van der Waals surface area contributed by atoms with Crippen LogP contribution in [0.4, 0.5) is 5.82 Å². The summed E-state index contributed by atoms with van der Waals surface area (Å²) in [5, 5.41) is 10.3. The number of piperidine rings is 1. The number of aromatic amines is 1. The van der Waals surface area contributed by atoms with E-state index in [9.17, 15) is 5.26 Å². The molecule has 2 aliphatic heterocycles. The van der Waals surface area contributed by atoms with Crippen LogP contribution in [-0.2, 0) is 4.74 Å². The molecule has 6 nitrogen and oxygen atoms in total. The van der Waals surface area contributed by atoms with Gasteiger partial charge in [0.15, 0.2) is 0 Å². The second-order valence-corrected chi connectivity index (χ2v) is 7.64. The van der Waals surface area contributed by atoms with E-state index < -0.39 is 0 Å². The number of nitrogens with zero attached hydrogens (tertiary/aromatic N) is 4. The third-order valence-electron chi connectivity index (χ3n) is 5.90. The summed E-state index contributed by atoms with van der Waals surface area (Å²) >= 11 is 0. The van der Waals surface area contributed by atoms with Crippen LogP contribution in [0.25, 0.3) is 22.2 Å². The zero-order valence-corrected chi connectivity index (χ0v) is 15.1. The standard InChI is InChI=1S/C21H21N5O/c22-10-15-3-1-4-16(9-15)17-11-23-19-18(17)20(25-14-24-19)26-7-2-5-21(12-26)6-8-27-13-21/h1,3-4,9,11,14H,2,5-8,12-13H2,(H,23,24,25). The quantitative estimate of drug-likeness (QED) is 0.758. The molecule has 27 heavy (non-hydrogen) atoms. The van der Waals surface area contributed by atoms with Crippen molar-refractivity contribution >= 4 is 16.9 Å². The first-order chi connectivity index (χ1) is 13.3. The number of benzene rings is 1. The van der Waals surface area contributed by atoms with E-state index in [1.165, 1.54) is 6.42 Å². The fraction of sp³-hybridized carbons (Fsp3) is 0.381. The number of H-pyrrole nitrogens is 1. The maximum absolute atomic E-state index is 9.25. The first kappa shape index (κ1) is 16.3. The van der Waals surface area contributed by atoms with E-state index in [0.717, 1.165) is 67.1 Å². The van der Waals surface area contributed by atoms with Crippen molar-refractivity contribution in [1.29, 1.82) is 5.26 Å². The summed E-state index contributed by atoms with van der Waals surface area (Å²) < 4.78 is 5.72. The zero-order chi connectivity index (χ0) is 18.3. The highest BCUT2D eigenvalue weighted by molar-refractivity contribution is 6.01. The summed E-state index contributed by atoms with van der Waals surface area (Å²) in [6, 6.07) is 9.91. The first-order valence-electron chi connectivity index (χ1n) is 9.43. The Hall–Kier alpha value is -2.91. The van der Waals surface area contributed by atoms with Crippen molar-refractivity contribution in [2.75, 3.05) is 31.2 Å². The second-order valence-electron chi connectivity index (χ2n) is 7.64. The summed E-state index contributed by atoms with van der Waals surface area (Å²) in [6.07, 6.45) is 7.11. The molecule has 1 aromatic carbocycles. The zero-order valence-electron chi connectivity index (χ0n) is 15.1. The predicted molar refractivity (Wildman–Crippen MR) is 103 cm³/mol. The summed E-state index contributed by atoms with van der Waals surface area (Å²) in [5.74, 6) is 0.976. The molecule has 1 N–H and O–H groups in total. The van der Waals surface area contributed by atoms with E-state index in [4.69, 9.17) is 4.74 Å². The van der Waals surface area contributed by atoms with Gasteiger partial charge in [-0.25, -0.2) is 9.97 Å². The number of aromatic nitrogens is 3. The van der Waals surface area contributed by atoms with Crippen LogP contribution in [-0.4, -0.2) is 41.3 Å². The Bertz CT molecular complexity index is 1030. The molecule has 5 rings (SSSR count). The number of hydrogen-bond donors (Lipinski definition) is 1. The average Bonchev–Trinajstić information content (AvgIpc) is 3.35. The highest BCUT2D eigenvalue weighted by atomic mass is 16.5. The van der Waals surface area contributed by atoms with Gasteiger partial charge < -0.3 is 14.6 Å². The maximum Gasteiger partial charge on any atom is 0.143 e. The molecule has 0 aliphatic carbocycles. The van der Waals surface area contributed by atoms with Crippen LogP contribution in [0.1, 0.15) is 24.8 Å². The topological polar surface area (TPSA) is 77.8 Å². The SMILES string of the molecule is N#Cc1cccc(-c2c[nH]c3ncnc(N4CCCC5(CCOC5)C4)c23)c1. The molecule has 3 aromatic rings. The minimum atomic E-state index is 0.257. The van der Waals surface area contributed by atoms with Gasteiger partial charge in [-0.1, -0.05) is 12.1 Å². The van der Waals surface area contributed by atoms with Gasteiger partial charge >= 0.3 is 0 Å². The van der Waals surface area contributed by atoms with Crippen molar-refractivity contribution in [1.82, 2.24) is 15.0 Å². The monoisotopic (exact) mass is 359 g/mol. The third-order valence-corrected chi connectivity index (χ3v) is 5.90. The molecule has 2 aromatic heterocycles. The molecule has 2 fully saturated rings. The summed E-state index contributed by atoms with van der Waals surface area (Å²) in [6.45, 7) is 3.68. The molecule has 136 valence electrons. The molecule has 1 atom stereocenters. The molecule has 1 spiro atoms. The minimum absolute atomic E-state index is 0.257. The molecule has 0 amide bonds. The van der Waals surface area contributed by atoms with Crippen LogP contribution in [0.2, 0.25) is 0 Å². The van der Waals surface area contributed by atoms with Crippen LogP contribution in [0.5, 0.6) is 0 Å². The minimum Gasteiger partial charge on any atom is -0.381 e. The number of nitrogens with one attached hydrogen (secondary N) is 1. The van der Waals surface area contributed by atoms with Crippen molar-refractivity contribution < 1.29 is 4.74 Å².